The molecular weight excluding hydrogens is 469 g/mol. The second kappa shape index (κ2) is 9.35. The van der Waals surface area contributed by atoms with Gasteiger partial charge < -0.3 is 9.80 Å². The first-order valence-electron chi connectivity index (χ1n) is 10.9. The second-order valence-electron chi connectivity index (χ2n) is 8.31. The minimum absolute atomic E-state index is 0.0745. The van der Waals surface area contributed by atoms with Crippen molar-refractivity contribution in [3.8, 4) is 0 Å². The minimum atomic E-state index is -4.69. The number of hydrogen-bond donors (Lipinski definition) is 0. The molecule has 0 radical (unpaired) electrons. The van der Waals surface area contributed by atoms with Gasteiger partial charge in [0.1, 0.15) is 5.69 Å². The zero-order valence-electron chi connectivity index (χ0n) is 18.5. The highest BCUT2D eigenvalue weighted by atomic mass is 19.4. The number of benzene rings is 2. The van der Waals surface area contributed by atoms with Crippen molar-refractivity contribution in [2.45, 2.75) is 25.6 Å². The lowest BCUT2D eigenvalue weighted by Crippen LogP contribution is -2.49. The zero-order chi connectivity index (χ0) is 25.3. The Labute approximate surface area is 197 Å². The molecule has 0 aliphatic carbocycles. The maximum absolute atomic E-state index is 13.0. The van der Waals surface area contributed by atoms with Crippen molar-refractivity contribution in [2.24, 2.45) is 0 Å². The van der Waals surface area contributed by atoms with Gasteiger partial charge in [0.25, 0.3) is 11.6 Å². The summed E-state index contributed by atoms with van der Waals surface area (Å²) in [5.41, 5.74) is -0.536. The molecule has 2 aliphatic heterocycles. The quantitative estimate of drug-likeness (QED) is 0.362. The normalized spacial score (nSPS) is 16.7. The molecule has 0 atom stereocenters. The Morgan fingerprint density at radius 3 is 2.09 bits per heavy atom. The summed E-state index contributed by atoms with van der Waals surface area (Å²) in [6.45, 7) is 1.05. The first-order valence-corrected chi connectivity index (χ1v) is 10.9. The van der Waals surface area contributed by atoms with Crippen molar-refractivity contribution in [3.63, 3.8) is 0 Å². The Kier molecular flexibility index (Phi) is 6.46. The largest absolute Gasteiger partial charge is 0.416 e. The van der Waals surface area contributed by atoms with E-state index in [2.05, 4.69) is 0 Å². The van der Waals surface area contributed by atoms with Crippen LogP contribution in [-0.4, -0.2) is 58.6 Å². The second-order valence-corrected chi connectivity index (χ2v) is 8.31. The molecule has 9 nitrogen and oxygen atoms in total. The SMILES string of the molecule is O=C(c1ccc(CN2C(=O)CCC2=O)cc1)N1CCN(c2ccc(C(F)(F)F)cc2[N+](=O)[O-])CC1. The molecule has 2 aromatic rings. The molecule has 0 N–H and O–H groups in total. The summed E-state index contributed by atoms with van der Waals surface area (Å²) >= 11 is 0. The molecule has 3 amide bonds. The molecule has 0 spiro atoms. The number of hydrogen-bond acceptors (Lipinski definition) is 6. The van der Waals surface area contributed by atoms with Gasteiger partial charge in [-0.2, -0.15) is 13.2 Å². The number of nitro groups is 1. The summed E-state index contributed by atoms with van der Waals surface area (Å²) in [5.74, 6) is -0.700. The summed E-state index contributed by atoms with van der Waals surface area (Å²) in [4.78, 5) is 51.3. The Hall–Kier alpha value is -3.96. The predicted octanol–water partition coefficient (Wildman–Crippen LogP) is 3.23. The molecule has 2 saturated heterocycles. The van der Waals surface area contributed by atoms with Gasteiger partial charge in [-0.15, -0.1) is 0 Å². The number of amides is 3. The Morgan fingerprint density at radius 1 is 0.943 bits per heavy atom. The van der Waals surface area contributed by atoms with E-state index in [0.717, 1.165) is 12.1 Å². The van der Waals surface area contributed by atoms with Gasteiger partial charge in [-0.3, -0.25) is 29.4 Å². The molecule has 0 aromatic heterocycles. The number of piperazine rings is 1. The minimum Gasteiger partial charge on any atom is -0.362 e. The van der Waals surface area contributed by atoms with Gasteiger partial charge in [0.15, 0.2) is 0 Å². The number of imide groups is 1. The zero-order valence-corrected chi connectivity index (χ0v) is 18.5. The predicted molar refractivity (Wildman–Crippen MR) is 117 cm³/mol. The lowest BCUT2D eigenvalue weighted by molar-refractivity contribution is -0.384. The number of nitrogens with zero attached hydrogens (tertiary/aromatic N) is 4. The van der Waals surface area contributed by atoms with E-state index in [0.29, 0.717) is 17.2 Å². The number of likely N-dealkylation sites (tertiary alicyclic amines) is 1. The molecule has 12 heteroatoms. The van der Waals surface area contributed by atoms with E-state index < -0.39 is 22.4 Å². The molecule has 0 saturated carbocycles. The molecule has 2 fully saturated rings. The average molecular weight is 490 g/mol. The number of anilines is 1. The molecular formula is C23H21F3N4O5. The monoisotopic (exact) mass is 490 g/mol. The van der Waals surface area contributed by atoms with Crippen molar-refractivity contribution in [1.82, 2.24) is 9.80 Å². The molecule has 2 aromatic carbocycles. The van der Waals surface area contributed by atoms with Crippen LogP contribution in [0.5, 0.6) is 0 Å². The van der Waals surface area contributed by atoms with Crippen LogP contribution in [0.1, 0.15) is 34.3 Å². The van der Waals surface area contributed by atoms with E-state index in [1.165, 1.54) is 4.90 Å². The number of carbonyl (C=O) groups is 3. The van der Waals surface area contributed by atoms with Crippen molar-refractivity contribution >= 4 is 29.1 Å². The number of nitro benzene ring substituents is 1. The molecule has 0 unspecified atom stereocenters. The molecule has 0 bridgehead atoms. The Bertz CT molecular complexity index is 1160. The van der Waals surface area contributed by atoms with E-state index in [1.54, 1.807) is 34.1 Å². The fourth-order valence-corrected chi connectivity index (χ4v) is 4.18. The Balaban J connectivity index is 1.40. The van der Waals surface area contributed by atoms with Crippen LogP contribution in [0.3, 0.4) is 0 Å². The third kappa shape index (κ3) is 5.10. The van der Waals surface area contributed by atoms with Gasteiger partial charge >= 0.3 is 6.18 Å². The lowest BCUT2D eigenvalue weighted by atomic mass is 10.1. The summed E-state index contributed by atoms with van der Waals surface area (Å²) in [6.07, 6.45) is -4.28. The fraction of sp³-hybridized carbons (Fsp3) is 0.348. The van der Waals surface area contributed by atoms with Gasteiger partial charge in [-0.1, -0.05) is 12.1 Å². The highest BCUT2D eigenvalue weighted by Gasteiger charge is 2.34. The van der Waals surface area contributed by atoms with Crippen LogP contribution >= 0.6 is 0 Å². The van der Waals surface area contributed by atoms with Crippen LogP contribution in [0, 0.1) is 10.1 Å². The van der Waals surface area contributed by atoms with Crippen LogP contribution in [0.15, 0.2) is 42.5 Å². The summed E-state index contributed by atoms with van der Waals surface area (Å²) in [7, 11) is 0. The van der Waals surface area contributed by atoms with Crippen molar-refractivity contribution in [3.05, 3.63) is 69.3 Å². The third-order valence-corrected chi connectivity index (χ3v) is 6.10. The maximum Gasteiger partial charge on any atom is 0.416 e. The van der Waals surface area contributed by atoms with Gasteiger partial charge in [0.2, 0.25) is 11.8 Å². The van der Waals surface area contributed by atoms with Crippen LogP contribution in [0.25, 0.3) is 0 Å². The van der Waals surface area contributed by atoms with Crippen molar-refractivity contribution < 1.29 is 32.5 Å². The van der Waals surface area contributed by atoms with Gasteiger partial charge in [-0.25, -0.2) is 0 Å². The number of carbonyl (C=O) groups excluding carboxylic acids is 3. The first kappa shape index (κ1) is 24.2. The van der Waals surface area contributed by atoms with Crippen LogP contribution < -0.4 is 4.90 Å². The maximum atomic E-state index is 13.0. The van der Waals surface area contributed by atoms with Gasteiger partial charge in [-0.05, 0) is 29.8 Å². The van der Waals surface area contributed by atoms with Gasteiger partial charge in [0.05, 0.1) is 17.0 Å². The smallest absolute Gasteiger partial charge is 0.362 e. The average Bonchev–Trinajstić information content (AvgIpc) is 3.15. The van der Waals surface area contributed by atoms with Crippen molar-refractivity contribution in [1.29, 1.82) is 0 Å². The van der Waals surface area contributed by atoms with E-state index in [9.17, 15) is 37.7 Å². The topological polar surface area (TPSA) is 104 Å². The van der Waals surface area contributed by atoms with Gasteiger partial charge in [0, 0.05) is 50.7 Å². The first-order chi connectivity index (χ1) is 16.5. The standard InChI is InChI=1S/C23H21F3N4O5/c24-23(25,26)17-5-6-18(19(13-17)30(34)35)27-9-11-28(12-10-27)22(33)16-3-1-15(2-4-16)14-29-20(31)7-8-21(29)32/h1-6,13H,7-12,14H2. The van der Waals surface area contributed by atoms with E-state index in [1.807, 2.05) is 0 Å². The number of rotatable bonds is 5. The Morgan fingerprint density at radius 2 is 1.54 bits per heavy atom. The molecule has 2 heterocycles. The van der Waals surface area contributed by atoms with E-state index in [4.69, 9.17) is 0 Å². The molecule has 184 valence electrons. The third-order valence-electron chi connectivity index (χ3n) is 6.10. The van der Waals surface area contributed by atoms with Crippen LogP contribution in [-0.2, 0) is 22.3 Å². The summed E-state index contributed by atoms with van der Waals surface area (Å²) in [6, 6.07) is 8.99. The molecule has 2 aliphatic rings. The highest BCUT2D eigenvalue weighted by Crippen LogP contribution is 2.36. The summed E-state index contributed by atoms with van der Waals surface area (Å²) in [5, 5.41) is 11.4. The molecule has 4 rings (SSSR count). The number of halogens is 3. The van der Waals surface area contributed by atoms with E-state index >= 15 is 0 Å². The van der Waals surface area contributed by atoms with E-state index in [-0.39, 0.29) is 69.0 Å². The van der Waals surface area contributed by atoms with Crippen molar-refractivity contribution in [2.75, 3.05) is 31.1 Å². The molecule has 35 heavy (non-hydrogen) atoms. The summed E-state index contributed by atoms with van der Waals surface area (Å²) < 4.78 is 38.9. The van der Waals surface area contributed by atoms with Crippen LogP contribution in [0.2, 0.25) is 0 Å². The van der Waals surface area contributed by atoms with Crippen LogP contribution in [0.4, 0.5) is 24.5 Å². The number of alkyl halides is 3. The highest BCUT2D eigenvalue weighted by molar-refractivity contribution is 6.01. The lowest BCUT2D eigenvalue weighted by Gasteiger charge is -2.36. The fourth-order valence-electron chi connectivity index (χ4n) is 4.18.